The van der Waals surface area contributed by atoms with Crippen LogP contribution in [0.4, 0.5) is 0 Å². The number of pyridine rings is 1. The Morgan fingerprint density at radius 1 is 0.463 bits per heavy atom. The van der Waals surface area contributed by atoms with E-state index in [-0.39, 0.29) is 0 Å². The second-order valence-electron chi connectivity index (χ2n) is 9.95. The van der Waals surface area contributed by atoms with Gasteiger partial charge in [0.2, 0.25) is 0 Å². The Morgan fingerprint density at radius 2 is 1.17 bits per heavy atom. The first kappa shape index (κ1) is 23.2. The normalized spacial score (nSPS) is 11.4. The van der Waals surface area contributed by atoms with Crippen molar-refractivity contribution in [3.63, 3.8) is 0 Å². The molecule has 5 aromatic carbocycles. The first-order chi connectivity index (χ1) is 20.3. The molecule has 5 heteroatoms. The van der Waals surface area contributed by atoms with Crippen LogP contribution in [0.1, 0.15) is 0 Å². The molecular weight excluding hydrogens is 504 g/mol. The lowest BCUT2D eigenvalue weighted by molar-refractivity contribution is 0.669. The molecule has 0 spiro atoms. The van der Waals surface area contributed by atoms with Crippen LogP contribution in [0.15, 0.2) is 138 Å². The number of benzene rings is 5. The van der Waals surface area contributed by atoms with Crippen LogP contribution >= 0.6 is 0 Å². The number of nitrogens with zero attached hydrogens (tertiary/aromatic N) is 4. The zero-order valence-corrected chi connectivity index (χ0v) is 21.9. The third kappa shape index (κ3) is 4.12. The zero-order valence-electron chi connectivity index (χ0n) is 21.9. The van der Waals surface area contributed by atoms with Gasteiger partial charge in [-0.15, -0.1) is 0 Å². The van der Waals surface area contributed by atoms with Gasteiger partial charge in [-0.25, -0.2) is 15.0 Å². The summed E-state index contributed by atoms with van der Waals surface area (Å²) in [6, 6.07) is 42.8. The highest BCUT2D eigenvalue weighted by molar-refractivity contribution is 6.12. The van der Waals surface area contributed by atoms with Crippen LogP contribution in [-0.2, 0) is 0 Å². The van der Waals surface area contributed by atoms with E-state index >= 15 is 0 Å². The molecule has 0 unspecified atom stereocenters. The van der Waals surface area contributed by atoms with Crippen molar-refractivity contribution in [1.82, 2.24) is 19.9 Å². The minimum atomic E-state index is 0.572. The molecule has 0 aliphatic carbocycles. The van der Waals surface area contributed by atoms with Crippen LogP contribution in [0.2, 0.25) is 0 Å². The van der Waals surface area contributed by atoms with Crippen LogP contribution in [-0.4, -0.2) is 19.9 Å². The van der Waals surface area contributed by atoms with Gasteiger partial charge in [-0.3, -0.25) is 4.98 Å². The Morgan fingerprint density at radius 3 is 2.00 bits per heavy atom. The summed E-state index contributed by atoms with van der Waals surface area (Å²) >= 11 is 0. The second-order valence-corrected chi connectivity index (χ2v) is 9.95. The lowest BCUT2D eigenvalue weighted by Gasteiger charge is -2.09. The third-order valence-electron chi connectivity index (χ3n) is 7.36. The summed E-state index contributed by atoms with van der Waals surface area (Å²) in [6.45, 7) is 0. The Kier molecular flexibility index (Phi) is 5.38. The number of aromatic nitrogens is 4. The number of rotatable bonds is 4. The predicted molar refractivity (Wildman–Crippen MR) is 164 cm³/mol. The molecule has 0 aliphatic heterocycles. The van der Waals surface area contributed by atoms with Gasteiger partial charge < -0.3 is 4.42 Å². The minimum absolute atomic E-state index is 0.572. The van der Waals surface area contributed by atoms with Crippen LogP contribution in [0, 0.1) is 0 Å². The molecule has 5 nitrogen and oxygen atoms in total. The van der Waals surface area contributed by atoms with Crippen molar-refractivity contribution in [1.29, 1.82) is 0 Å². The van der Waals surface area contributed by atoms with Gasteiger partial charge >= 0.3 is 0 Å². The fourth-order valence-corrected chi connectivity index (χ4v) is 5.36. The first-order valence-corrected chi connectivity index (χ1v) is 13.5. The maximum Gasteiger partial charge on any atom is 0.165 e. The molecule has 0 radical (unpaired) electrons. The van der Waals surface area contributed by atoms with Gasteiger partial charge in [-0.1, -0.05) is 97.1 Å². The maximum atomic E-state index is 6.37. The monoisotopic (exact) mass is 526 g/mol. The molecule has 0 saturated heterocycles. The molecule has 0 amide bonds. The standard InChI is InChI=1S/C36H22N4O/c1-3-10-23(11-4-1)25-18-19-28-32(21-25)41-31-17-9-15-29(33(28)31)36-39-34(24-12-5-2-6-13-24)38-35(40-36)27-20-26-14-7-8-16-30(26)37-22-27/h1-22H. The summed E-state index contributed by atoms with van der Waals surface area (Å²) in [6.07, 6.45) is 1.83. The van der Waals surface area contributed by atoms with Gasteiger partial charge in [-0.2, -0.15) is 0 Å². The van der Waals surface area contributed by atoms with E-state index in [0.717, 1.165) is 60.7 Å². The predicted octanol–water partition coefficient (Wildman–Crippen LogP) is 8.99. The van der Waals surface area contributed by atoms with E-state index in [0.29, 0.717) is 17.5 Å². The number of furan rings is 1. The molecule has 0 fully saturated rings. The van der Waals surface area contributed by atoms with Crippen molar-refractivity contribution < 1.29 is 4.42 Å². The fourth-order valence-electron chi connectivity index (χ4n) is 5.36. The molecule has 0 atom stereocenters. The van der Waals surface area contributed by atoms with Crippen molar-refractivity contribution in [2.24, 2.45) is 0 Å². The molecule has 8 aromatic rings. The molecule has 192 valence electrons. The SMILES string of the molecule is c1ccc(-c2ccc3c(c2)oc2cccc(-c4nc(-c5ccccc5)nc(-c5cnc6ccccc6c5)n4)c23)cc1. The van der Waals surface area contributed by atoms with Gasteiger partial charge in [0.15, 0.2) is 17.5 Å². The van der Waals surface area contributed by atoms with Crippen molar-refractivity contribution >= 4 is 32.8 Å². The highest BCUT2D eigenvalue weighted by Crippen LogP contribution is 2.38. The van der Waals surface area contributed by atoms with Gasteiger partial charge in [0.1, 0.15) is 11.2 Å². The van der Waals surface area contributed by atoms with E-state index in [2.05, 4.69) is 47.4 Å². The van der Waals surface area contributed by atoms with Crippen LogP contribution in [0.25, 0.3) is 78.1 Å². The van der Waals surface area contributed by atoms with Gasteiger partial charge in [0.25, 0.3) is 0 Å². The number of hydrogen-bond acceptors (Lipinski definition) is 5. The molecule has 41 heavy (non-hydrogen) atoms. The number of hydrogen-bond donors (Lipinski definition) is 0. The smallest absolute Gasteiger partial charge is 0.165 e. The second kappa shape index (κ2) is 9.50. The summed E-state index contributed by atoms with van der Waals surface area (Å²) in [5, 5.41) is 3.03. The van der Waals surface area contributed by atoms with Gasteiger partial charge in [0.05, 0.1) is 5.52 Å². The van der Waals surface area contributed by atoms with Crippen molar-refractivity contribution in [2.75, 3.05) is 0 Å². The van der Waals surface area contributed by atoms with E-state index in [1.807, 2.05) is 91.1 Å². The van der Waals surface area contributed by atoms with Crippen LogP contribution < -0.4 is 0 Å². The largest absolute Gasteiger partial charge is 0.456 e. The molecule has 8 rings (SSSR count). The molecular formula is C36H22N4O. The van der Waals surface area contributed by atoms with E-state index in [4.69, 9.17) is 19.4 Å². The molecule has 0 bridgehead atoms. The highest BCUT2D eigenvalue weighted by atomic mass is 16.3. The molecule has 3 heterocycles. The van der Waals surface area contributed by atoms with Gasteiger partial charge in [0, 0.05) is 39.0 Å². The van der Waals surface area contributed by atoms with Crippen LogP contribution in [0.3, 0.4) is 0 Å². The van der Waals surface area contributed by atoms with Crippen LogP contribution in [0.5, 0.6) is 0 Å². The molecule has 0 saturated carbocycles. The molecule has 3 aromatic heterocycles. The van der Waals surface area contributed by atoms with Crippen molar-refractivity contribution in [3.05, 3.63) is 134 Å². The quantitative estimate of drug-likeness (QED) is 0.229. The van der Waals surface area contributed by atoms with Gasteiger partial charge in [-0.05, 0) is 41.5 Å². The van der Waals surface area contributed by atoms with Crippen molar-refractivity contribution in [3.8, 4) is 45.3 Å². The lowest BCUT2D eigenvalue weighted by atomic mass is 10.0. The van der Waals surface area contributed by atoms with E-state index in [1.165, 1.54) is 0 Å². The summed E-state index contributed by atoms with van der Waals surface area (Å²) in [4.78, 5) is 19.5. The highest BCUT2D eigenvalue weighted by Gasteiger charge is 2.18. The first-order valence-electron chi connectivity index (χ1n) is 13.5. The Labute approximate surface area is 235 Å². The Balaban J connectivity index is 1.35. The van der Waals surface area contributed by atoms with Crippen molar-refractivity contribution in [2.45, 2.75) is 0 Å². The summed E-state index contributed by atoms with van der Waals surface area (Å²) in [5.41, 5.74) is 7.44. The van der Waals surface area contributed by atoms with E-state index < -0.39 is 0 Å². The lowest BCUT2D eigenvalue weighted by Crippen LogP contribution is -2.00. The van der Waals surface area contributed by atoms with E-state index in [1.54, 1.807) is 0 Å². The topological polar surface area (TPSA) is 64.7 Å². The summed E-state index contributed by atoms with van der Waals surface area (Å²) in [7, 11) is 0. The summed E-state index contributed by atoms with van der Waals surface area (Å²) in [5.74, 6) is 1.76. The van der Waals surface area contributed by atoms with E-state index in [9.17, 15) is 0 Å². The maximum absolute atomic E-state index is 6.37. The number of fused-ring (bicyclic) bond motifs is 4. The Bertz CT molecular complexity index is 2210. The number of para-hydroxylation sites is 1. The third-order valence-corrected chi connectivity index (χ3v) is 7.36. The summed E-state index contributed by atoms with van der Waals surface area (Å²) < 4.78 is 6.37. The average Bonchev–Trinajstić information content (AvgIpc) is 3.43. The molecule has 0 N–H and O–H groups in total. The fraction of sp³-hybridized carbons (Fsp3) is 0. The average molecular weight is 527 g/mol. The Hall–Kier alpha value is -5.68. The minimum Gasteiger partial charge on any atom is -0.456 e. The molecule has 0 aliphatic rings. The zero-order chi connectivity index (χ0) is 27.2.